The molecule has 4 nitrogen and oxygen atoms in total. The molecule has 0 aromatic heterocycles. The molecule has 5 heteroatoms. The lowest BCUT2D eigenvalue weighted by atomic mass is 10.1. The summed E-state index contributed by atoms with van der Waals surface area (Å²) in [6, 6.07) is 14.1. The molecule has 0 radical (unpaired) electrons. The molecule has 0 spiro atoms. The minimum absolute atomic E-state index is 0.161. The molecular weight excluding hydrogens is 368 g/mol. The smallest absolute Gasteiger partial charge is 0.255 e. The molecule has 2 aromatic rings. The number of carbonyl (C=O) groups excluding carboxylic acids is 2. The molecule has 0 saturated carbocycles. The van der Waals surface area contributed by atoms with Crippen LogP contribution in [-0.2, 0) is 0 Å². The van der Waals surface area contributed by atoms with E-state index in [9.17, 15) is 9.59 Å². The van der Waals surface area contributed by atoms with E-state index in [0.29, 0.717) is 29.3 Å². The molecule has 2 N–H and O–H groups in total. The van der Waals surface area contributed by atoms with Crippen LogP contribution in [0.3, 0.4) is 0 Å². The van der Waals surface area contributed by atoms with E-state index in [1.54, 1.807) is 24.3 Å². The Labute approximate surface area is 150 Å². The van der Waals surface area contributed by atoms with E-state index in [2.05, 4.69) is 40.4 Å². The maximum atomic E-state index is 12.4. The zero-order chi connectivity index (χ0) is 17.5. The molecule has 0 fully saturated rings. The van der Waals surface area contributed by atoms with Crippen LogP contribution >= 0.6 is 15.9 Å². The van der Waals surface area contributed by atoms with Crippen molar-refractivity contribution in [1.29, 1.82) is 0 Å². The maximum absolute atomic E-state index is 12.4. The summed E-state index contributed by atoms with van der Waals surface area (Å²) in [4.78, 5) is 24.5. The van der Waals surface area contributed by atoms with Crippen LogP contribution < -0.4 is 10.6 Å². The van der Waals surface area contributed by atoms with Gasteiger partial charge in [-0.05, 0) is 58.6 Å². The minimum Gasteiger partial charge on any atom is -0.352 e. The molecule has 2 aromatic carbocycles. The van der Waals surface area contributed by atoms with Gasteiger partial charge in [-0.2, -0.15) is 0 Å². The van der Waals surface area contributed by atoms with E-state index in [0.717, 1.165) is 10.9 Å². The second-order valence-corrected chi connectivity index (χ2v) is 6.81. The summed E-state index contributed by atoms with van der Waals surface area (Å²) in [7, 11) is 0. The van der Waals surface area contributed by atoms with Crippen molar-refractivity contribution in [3.63, 3.8) is 0 Å². The van der Waals surface area contributed by atoms with Crippen molar-refractivity contribution in [1.82, 2.24) is 5.32 Å². The first-order chi connectivity index (χ1) is 11.5. The highest BCUT2D eigenvalue weighted by Gasteiger charge is 2.11. The quantitative estimate of drug-likeness (QED) is 0.766. The van der Waals surface area contributed by atoms with Crippen molar-refractivity contribution in [2.45, 2.75) is 20.3 Å². The van der Waals surface area contributed by atoms with Crippen LogP contribution in [-0.4, -0.2) is 18.4 Å². The van der Waals surface area contributed by atoms with Gasteiger partial charge in [0, 0.05) is 22.1 Å². The highest BCUT2D eigenvalue weighted by Crippen LogP contribution is 2.22. The van der Waals surface area contributed by atoms with Gasteiger partial charge in [0.15, 0.2) is 0 Å². The van der Waals surface area contributed by atoms with E-state index in [1.165, 1.54) is 0 Å². The second kappa shape index (κ2) is 8.64. The van der Waals surface area contributed by atoms with E-state index in [-0.39, 0.29) is 11.8 Å². The fraction of sp³-hybridized carbons (Fsp3) is 0.263. The Hall–Kier alpha value is -2.14. The van der Waals surface area contributed by atoms with Crippen molar-refractivity contribution in [2.75, 3.05) is 11.9 Å². The van der Waals surface area contributed by atoms with E-state index in [4.69, 9.17) is 0 Å². The third-order valence-electron chi connectivity index (χ3n) is 3.52. The van der Waals surface area contributed by atoms with E-state index < -0.39 is 0 Å². The zero-order valence-corrected chi connectivity index (χ0v) is 15.4. The molecule has 126 valence electrons. The summed E-state index contributed by atoms with van der Waals surface area (Å²) >= 11 is 3.40. The van der Waals surface area contributed by atoms with Gasteiger partial charge in [0.05, 0.1) is 5.69 Å². The van der Waals surface area contributed by atoms with Crippen molar-refractivity contribution in [3.05, 3.63) is 64.1 Å². The number of nitrogens with one attached hydrogen (secondary N) is 2. The molecule has 0 aliphatic carbocycles. The van der Waals surface area contributed by atoms with Crippen LogP contribution in [0.1, 0.15) is 41.0 Å². The van der Waals surface area contributed by atoms with Gasteiger partial charge in [0.1, 0.15) is 0 Å². The number of para-hydroxylation sites is 1. The van der Waals surface area contributed by atoms with Crippen LogP contribution in [0, 0.1) is 5.92 Å². The van der Waals surface area contributed by atoms with Gasteiger partial charge >= 0.3 is 0 Å². The maximum Gasteiger partial charge on any atom is 0.255 e. The Morgan fingerprint density at radius 2 is 1.67 bits per heavy atom. The molecule has 2 amide bonds. The summed E-state index contributed by atoms with van der Waals surface area (Å²) < 4.78 is 0.806. The molecule has 0 aliphatic heterocycles. The number of amides is 2. The molecule has 0 heterocycles. The van der Waals surface area contributed by atoms with Gasteiger partial charge in [-0.1, -0.05) is 32.0 Å². The minimum atomic E-state index is -0.251. The van der Waals surface area contributed by atoms with E-state index in [1.807, 2.05) is 24.3 Å². The van der Waals surface area contributed by atoms with Crippen molar-refractivity contribution >= 4 is 33.4 Å². The molecule has 0 unspecified atom stereocenters. The summed E-state index contributed by atoms with van der Waals surface area (Å²) in [6.07, 6.45) is 0.925. The Morgan fingerprint density at radius 1 is 1.00 bits per heavy atom. The van der Waals surface area contributed by atoms with Gasteiger partial charge in [-0.15, -0.1) is 0 Å². The van der Waals surface area contributed by atoms with Gasteiger partial charge < -0.3 is 10.6 Å². The summed E-state index contributed by atoms with van der Waals surface area (Å²) in [5.74, 6) is 0.122. The Kier molecular flexibility index (Phi) is 6.55. The van der Waals surface area contributed by atoms with E-state index >= 15 is 0 Å². The molecule has 0 saturated heterocycles. The third kappa shape index (κ3) is 5.20. The Morgan fingerprint density at radius 3 is 2.33 bits per heavy atom. The molecule has 2 rings (SSSR count). The van der Waals surface area contributed by atoms with Crippen LogP contribution in [0.15, 0.2) is 53.0 Å². The van der Waals surface area contributed by atoms with Gasteiger partial charge in [0.25, 0.3) is 11.8 Å². The Bertz CT molecular complexity index is 729. The summed E-state index contributed by atoms with van der Waals surface area (Å²) in [6.45, 7) is 4.85. The molecular formula is C19H21BrN2O2. The largest absolute Gasteiger partial charge is 0.352 e. The SMILES string of the molecule is CC(C)CCNC(=O)c1cccc(C(=O)Nc2ccccc2Br)c1. The summed E-state index contributed by atoms with van der Waals surface area (Å²) in [5.41, 5.74) is 1.62. The van der Waals surface area contributed by atoms with Crippen LogP contribution in [0.4, 0.5) is 5.69 Å². The number of hydrogen-bond donors (Lipinski definition) is 2. The normalized spacial score (nSPS) is 10.5. The number of benzene rings is 2. The molecule has 0 atom stereocenters. The number of carbonyl (C=O) groups is 2. The monoisotopic (exact) mass is 388 g/mol. The third-order valence-corrected chi connectivity index (χ3v) is 4.21. The molecule has 24 heavy (non-hydrogen) atoms. The van der Waals surface area contributed by atoms with Crippen LogP contribution in [0.2, 0.25) is 0 Å². The number of rotatable bonds is 6. The Balaban J connectivity index is 2.05. The predicted octanol–water partition coefficient (Wildman–Crippen LogP) is 4.48. The highest BCUT2D eigenvalue weighted by molar-refractivity contribution is 9.10. The average Bonchev–Trinajstić information content (AvgIpc) is 2.56. The highest BCUT2D eigenvalue weighted by atomic mass is 79.9. The lowest BCUT2D eigenvalue weighted by Crippen LogP contribution is -2.25. The first-order valence-electron chi connectivity index (χ1n) is 7.91. The number of anilines is 1. The topological polar surface area (TPSA) is 58.2 Å². The van der Waals surface area contributed by atoms with Crippen molar-refractivity contribution in [3.8, 4) is 0 Å². The first kappa shape index (κ1) is 18.2. The van der Waals surface area contributed by atoms with Crippen molar-refractivity contribution < 1.29 is 9.59 Å². The summed E-state index contributed by atoms with van der Waals surface area (Å²) in [5, 5.41) is 5.71. The van der Waals surface area contributed by atoms with Gasteiger partial charge in [0.2, 0.25) is 0 Å². The lowest BCUT2D eigenvalue weighted by molar-refractivity contribution is 0.0952. The first-order valence-corrected chi connectivity index (χ1v) is 8.71. The van der Waals surface area contributed by atoms with Crippen LogP contribution in [0.25, 0.3) is 0 Å². The lowest BCUT2D eigenvalue weighted by Gasteiger charge is -2.09. The average molecular weight is 389 g/mol. The zero-order valence-electron chi connectivity index (χ0n) is 13.8. The van der Waals surface area contributed by atoms with Crippen molar-refractivity contribution in [2.24, 2.45) is 5.92 Å². The predicted molar refractivity (Wildman–Crippen MR) is 100 cm³/mol. The number of hydrogen-bond acceptors (Lipinski definition) is 2. The molecule has 0 bridgehead atoms. The van der Waals surface area contributed by atoms with Gasteiger partial charge in [-0.3, -0.25) is 9.59 Å². The standard InChI is InChI=1S/C19H21BrN2O2/c1-13(2)10-11-21-18(23)14-6-5-7-15(12-14)19(24)22-17-9-4-3-8-16(17)20/h3-9,12-13H,10-11H2,1-2H3,(H,21,23)(H,22,24). The fourth-order valence-corrected chi connectivity index (χ4v) is 2.52. The molecule has 0 aliphatic rings. The second-order valence-electron chi connectivity index (χ2n) is 5.95. The number of halogens is 1. The fourth-order valence-electron chi connectivity index (χ4n) is 2.14. The van der Waals surface area contributed by atoms with Gasteiger partial charge in [-0.25, -0.2) is 0 Å². The van der Waals surface area contributed by atoms with Crippen LogP contribution in [0.5, 0.6) is 0 Å².